The minimum Gasteiger partial charge on any atom is -0.478 e. The van der Waals surface area contributed by atoms with Crippen molar-refractivity contribution in [3.8, 4) is 28.4 Å². The second-order valence-electron chi connectivity index (χ2n) is 12.8. The number of rotatable bonds is 9. The summed E-state index contributed by atoms with van der Waals surface area (Å²) in [5.74, 6) is -2.38. The van der Waals surface area contributed by atoms with Crippen LogP contribution in [0, 0.1) is 22.9 Å². The summed E-state index contributed by atoms with van der Waals surface area (Å²) in [5.41, 5.74) is 2.41. The van der Waals surface area contributed by atoms with Gasteiger partial charge in [-0.25, -0.2) is 27.9 Å². The number of aryl methyl sites for hydroxylation is 1. The number of carbonyl (C=O) groups is 1. The van der Waals surface area contributed by atoms with Crippen LogP contribution in [-0.2, 0) is 24.8 Å². The molecule has 0 amide bonds. The van der Waals surface area contributed by atoms with Crippen LogP contribution < -0.4 is 4.74 Å². The molecule has 0 aliphatic carbocycles. The van der Waals surface area contributed by atoms with Crippen molar-refractivity contribution in [2.45, 2.75) is 32.9 Å². The quantitative estimate of drug-likeness (QED) is 0.179. The Bertz CT molecular complexity index is 2230. The number of benzene rings is 3. The average Bonchev–Trinajstić information content (AvgIpc) is 3.76. The number of imidazole rings is 1. The predicted octanol–water partition coefficient (Wildman–Crippen LogP) is 6.78. The Balaban J connectivity index is 1.14. The summed E-state index contributed by atoms with van der Waals surface area (Å²) < 4.78 is 61.2. The fraction of sp³-hybridized carbons (Fsp3) is 0.250. The summed E-state index contributed by atoms with van der Waals surface area (Å²) in [4.78, 5) is 20.8. The third kappa shape index (κ3) is 6.24. The second-order valence-corrected chi connectivity index (χ2v) is 12.8. The molecule has 1 aliphatic heterocycles. The molecule has 1 aliphatic rings. The van der Waals surface area contributed by atoms with E-state index in [1.54, 1.807) is 49.6 Å². The molecule has 4 heterocycles. The van der Waals surface area contributed by atoms with Crippen molar-refractivity contribution in [1.29, 1.82) is 0 Å². The van der Waals surface area contributed by atoms with E-state index in [-0.39, 0.29) is 58.3 Å². The van der Waals surface area contributed by atoms with Gasteiger partial charge in [-0.05, 0) is 48.0 Å². The first-order chi connectivity index (χ1) is 23.5. The van der Waals surface area contributed by atoms with Crippen LogP contribution in [0.4, 0.5) is 13.2 Å². The number of halogens is 3. The number of carboxylic acid groups (broad SMARTS) is 1. The maximum absolute atomic E-state index is 15.7. The van der Waals surface area contributed by atoms with E-state index in [4.69, 9.17) is 14.5 Å². The van der Waals surface area contributed by atoms with Gasteiger partial charge < -0.3 is 19.1 Å². The largest absolute Gasteiger partial charge is 0.478 e. The molecule has 250 valence electrons. The Morgan fingerprint density at radius 1 is 0.980 bits per heavy atom. The van der Waals surface area contributed by atoms with Gasteiger partial charge in [0.1, 0.15) is 35.6 Å². The Labute approximate surface area is 278 Å². The van der Waals surface area contributed by atoms with E-state index >= 15 is 8.78 Å². The maximum atomic E-state index is 15.7. The van der Waals surface area contributed by atoms with Crippen molar-refractivity contribution in [2.75, 3.05) is 13.2 Å². The summed E-state index contributed by atoms with van der Waals surface area (Å²) >= 11 is 0. The first kappa shape index (κ1) is 32.0. The summed E-state index contributed by atoms with van der Waals surface area (Å²) in [7, 11) is 1.72. The highest BCUT2D eigenvalue weighted by atomic mass is 19.1. The van der Waals surface area contributed by atoms with Crippen LogP contribution >= 0.6 is 0 Å². The zero-order valence-electron chi connectivity index (χ0n) is 26.8. The highest BCUT2D eigenvalue weighted by Crippen LogP contribution is 2.40. The van der Waals surface area contributed by atoms with Gasteiger partial charge in [0.05, 0.1) is 47.7 Å². The number of pyridine rings is 1. The lowest BCUT2D eigenvalue weighted by molar-refractivity contribution is 0.0697. The fourth-order valence-corrected chi connectivity index (χ4v) is 6.12. The van der Waals surface area contributed by atoms with Gasteiger partial charge in [0.2, 0.25) is 5.88 Å². The van der Waals surface area contributed by atoms with Crippen LogP contribution in [0.3, 0.4) is 0 Å². The number of carboxylic acids is 1. The molecule has 6 aromatic rings. The van der Waals surface area contributed by atoms with Crippen molar-refractivity contribution < 1.29 is 32.5 Å². The summed E-state index contributed by atoms with van der Waals surface area (Å²) in [6.45, 7) is 4.78. The monoisotopic (exact) mass is 668 g/mol. The zero-order chi connectivity index (χ0) is 34.4. The molecule has 3 aromatic heterocycles. The van der Waals surface area contributed by atoms with Crippen LogP contribution in [0.2, 0.25) is 0 Å². The molecule has 0 spiro atoms. The number of fused-ring (bicyclic) bond motifs is 1. The summed E-state index contributed by atoms with van der Waals surface area (Å²) in [6.07, 6.45) is 1.63. The van der Waals surface area contributed by atoms with E-state index in [1.165, 1.54) is 22.9 Å². The van der Waals surface area contributed by atoms with E-state index in [0.717, 1.165) is 12.1 Å². The highest BCUT2D eigenvalue weighted by molar-refractivity contribution is 5.92. The van der Waals surface area contributed by atoms with Crippen molar-refractivity contribution >= 4 is 17.0 Å². The SMILES string of the molecule is Cn1cc(-c2ccc(COc3cccc(-c4cc(F)c(Cc5nc6ccc(C(=O)O)cc6n5[C@@H]5COCC5(C)C)cc4F)n3)c(F)c2)nn1. The number of hydrogen-bond donors (Lipinski definition) is 1. The number of aromatic carboxylic acids is 1. The molecule has 0 unspecified atom stereocenters. The Morgan fingerprint density at radius 3 is 2.51 bits per heavy atom. The van der Waals surface area contributed by atoms with Crippen LogP contribution in [0.25, 0.3) is 33.5 Å². The topological polar surface area (TPSA) is 117 Å². The number of aromatic nitrogens is 6. The fourth-order valence-electron chi connectivity index (χ4n) is 6.12. The number of nitrogens with zero attached hydrogens (tertiary/aromatic N) is 6. The van der Waals surface area contributed by atoms with Gasteiger partial charge in [-0.15, -0.1) is 5.10 Å². The van der Waals surface area contributed by atoms with Gasteiger partial charge in [-0.3, -0.25) is 4.68 Å². The second kappa shape index (κ2) is 12.5. The standard InChI is InChI=1S/C36H31F3N6O4/c1-36(2)19-48-18-32(36)45-31-13-21(35(46)47)9-10-29(31)40-33(45)14-23-12-27(39)24(15-26(23)38)28-5-4-6-34(41-28)49-17-22-8-7-20(11-25(22)37)30-16-44(3)43-42-30/h4-13,15-16,32H,14,17-19H2,1-3H3,(H,46,47)/t32-/m1/s1. The smallest absolute Gasteiger partial charge is 0.335 e. The maximum Gasteiger partial charge on any atom is 0.335 e. The lowest BCUT2D eigenvalue weighted by Gasteiger charge is -2.28. The van der Waals surface area contributed by atoms with Gasteiger partial charge in [-0.2, -0.15) is 0 Å². The molecule has 1 N–H and O–H groups in total. The summed E-state index contributed by atoms with van der Waals surface area (Å²) in [6, 6.07) is 15.9. The van der Waals surface area contributed by atoms with Crippen LogP contribution in [0.15, 0.2) is 72.9 Å². The van der Waals surface area contributed by atoms with E-state index in [1.807, 2.05) is 18.4 Å². The Hall–Kier alpha value is -5.56. The van der Waals surface area contributed by atoms with E-state index in [9.17, 15) is 14.3 Å². The van der Waals surface area contributed by atoms with Crippen LogP contribution in [-0.4, -0.2) is 53.8 Å². The van der Waals surface area contributed by atoms with Crippen molar-refractivity contribution in [2.24, 2.45) is 12.5 Å². The Morgan fingerprint density at radius 2 is 1.80 bits per heavy atom. The molecule has 0 radical (unpaired) electrons. The van der Waals surface area contributed by atoms with Crippen LogP contribution in [0.5, 0.6) is 5.88 Å². The first-order valence-corrected chi connectivity index (χ1v) is 15.5. The van der Waals surface area contributed by atoms with Gasteiger partial charge in [0, 0.05) is 41.6 Å². The normalized spacial score (nSPS) is 15.6. The average molecular weight is 669 g/mol. The minimum absolute atomic E-state index is 0.0511. The third-order valence-corrected chi connectivity index (χ3v) is 8.78. The summed E-state index contributed by atoms with van der Waals surface area (Å²) in [5, 5.41) is 17.5. The zero-order valence-corrected chi connectivity index (χ0v) is 26.8. The lowest BCUT2D eigenvalue weighted by atomic mass is 9.87. The molecule has 10 nitrogen and oxygen atoms in total. The number of ether oxygens (including phenoxy) is 2. The molecule has 3 aromatic carbocycles. The van der Waals surface area contributed by atoms with Crippen molar-refractivity contribution in [3.63, 3.8) is 0 Å². The molecule has 1 saturated heterocycles. The lowest BCUT2D eigenvalue weighted by Crippen LogP contribution is -2.27. The predicted molar refractivity (Wildman–Crippen MR) is 173 cm³/mol. The molecular formula is C36H31F3N6O4. The van der Waals surface area contributed by atoms with Gasteiger partial charge in [0.15, 0.2) is 0 Å². The van der Waals surface area contributed by atoms with Crippen LogP contribution in [0.1, 0.15) is 47.2 Å². The molecule has 49 heavy (non-hydrogen) atoms. The molecular weight excluding hydrogens is 637 g/mol. The number of hydrogen-bond acceptors (Lipinski definition) is 7. The van der Waals surface area contributed by atoms with Gasteiger partial charge in [-0.1, -0.05) is 37.3 Å². The van der Waals surface area contributed by atoms with Crippen molar-refractivity contribution in [3.05, 3.63) is 113 Å². The van der Waals surface area contributed by atoms with Crippen molar-refractivity contribution in [1.82, 2.24) is 29.5 Å². The molecule has 1 fully saturated rings. The van der Waals surface area contributed by atoms with Gasteiger partial charge in [0.25, 0.3) is 0 Å². The van der Waals surface area contributed by atoms with Gasteiger partial charge >= 0.3 is 5.97 Å². The molecule has 0 saturated carbocycles. The molecule has 1 atom stereocenters. The third-order valence-electron chi connectivity index (χ3n) is 8.78. The van der Waals surface area contributed by atoms with E-state index in [0.29, 0.717) is 41.3 Å². The van der Waals surface area contributed by atoms with E-state index < -0.39 is 23.4 Å². The molecule has 7 rings (SSSR count). The molecule has 13 heteroatoms. The first-order valence-electron chi connectivity index (χ1n) is 15.5. The highest BCUT2D eigenvalue weighted by Gasteiger charge is 2.39. The Kier molecular flexibility index (Phi) is 8.15. The molecule has 0 bridgehead atoms. The van der Waals surface area contributed by atoms with E-state index in [2.05, 4.69) is 15.3 Å². The minimum atomic E-state index is -1.08.